The molecule has 4 aromatic rings. The van der Waals surface area contributed by atoms with E-state index in [-0.39, 0.29) is 0 Å². The number of hydrogen-bond donors (Lipinski definition) is 0. The van der Waals surface area contributed by atoms with Gasteiger partial charge in [-0.3, -0.25) is 4.99 Å². The fraction of sp³-hybridized carbons (Fsp3) is 0.115. The zero-order valence-electron chi connectivity index (χ0n) is 16.7. The molecule has 30 heavy (non-hydrogen) atoms. The molecule has 0 spiro atoms. The van der Waals surface area contributed by atoms with Crippen LogP contribution in [0, 0.1) is 0 Å². The molecule has 4 aromatic carbocycles. The summed E-state index contributed by atoms with van der Waals surface area (Å²) in [5.41, 5.74) is 2.93. The fourth-order valence-corrected chi connectivity index (χ4v) is 3.64. The minimum Gasteiger partial charge on any atom is -0.494 e. The highest BCUT2D eigenvalue weighted by Gasteiger charge is 2.06. The molecule has 0 N–H and O–H groups in total. The molecule has 0 bridgehead atoms. The van der Waals surface area contributed by atoms with Crippen LogP contribution in [0.3, 0.4) is 0 Å². The van der Waals surface area contributed by atoms with Gasteiger partial charge in [0.1, 0.15) is 18.1 Å². The van der Waals surface area contributed by atoms with Crippen LogP contribution in [0.1, 0.15) is 18.1 Å². The number of benzene rings is 4. The standard InChI is InChI=1S/C26H22BrNO2/c1-2-29-24-13-11-23(12-14-24)28-17-21-16-22(27)10-15-26(21)30-18-20-8-5-7-19-6-3-4-9-25(19)20/h3-17H,2,18H2,1H3. The average Bonchev–Trinajstić information content (AvgIpc) is 2.78. The lowest BCUT2D eigenvalue weighted by Crippen LogP contribution is -1.99. The second-order valence-corrected chi connectivity index (χ2v) is 7.71. The molecule has 0 saturated heterocycles. The minimum atomic E-state index is 0.493. The minimum absolute atomic E-state index is 0.493. The molecule has 0 aliphatic heterocycles. The Labute approximate surface area is 185 Å². The lowest BCUT2D eigenvalue weighted by atomic mass is 10.1. The molecule has 0 saturated carbocycles. The highest BCUT2D eigenvalue weighted by Crippen LogP contribution is 2.26. The van der Waals surface area contributed by atoms with Crippen LogP contribution in [0.25, 0.3) is 10.8 Å². The maximum absolute atomic E-state index is 6.19. The molecule has 0 unspecified atom stereocenters. The van der Waals surface area contributed by atoms with Crippen LogP contribution in [0.2, 0.25) is 0 Å². The number of ether oxygens (including phenoxy) is 2. The second-order valence-electron chi connectivity index (χ2n) is 6.79. The van der Waals surface area contributed by atoms with Crippen LogP contribution in [0.15, 0.2) is 94.4 Å². The third-order valence-electron chi connectivity index (χ3n) is 4.74. The van der Waals surface area contributed by atoms with Crippen molar-refractivity contribution in [3.05, 3.63) is 101 Å². The Morgan fingerprint density at radius 2 is 1.67 bits per heavy atom. The molecule has 0 aliphatic carbocycles. The van der Waals surface area contributed by atoms with Gasteiger partial charge in [0, 0.05) is 16.3 Å². The van der Waals surface area contributed by atoms with E-state index in [0.717, 1.165) is 32.8 Å². The lowest BCUT2D eigenvalue weighted by Gasteiger charge is -2.11. The van der Waals surface area contributed by atoms with Crippen molar-refractivity contribution in [3.8, 4) is 11.5 Å². The van der Waals surface area contributed by atoms with E-state index in [1.807, 2.05) is 55.6 Å². The molecule has 0 aromatic heterocycles. The Morgan fingerprint density at radius 1 is 0.867 bits per heavy atom. The first kappa shape index (κ1) is 20.2. The van der Waals surface area contributed by atoms with E-state index in [9.17, 15) is 0 Å². The van der Waals surface area contributed by atoms with Gasteiger partial charge in [0.2, 0.25) is 0 Å². The molecule has 4 heteroatoms. The molecule has 0 aliphatic rings. The summed E-state index contributed by atoms with van der Waals surface area (Å²) in [6.07, 6.45) is 1.83. The second kappa shape index (κ2) is 9.59. The van der Waals surface area contributed by atoms with Crippen molar-refractivity contribution in [2.45, 2.75) is 13.5 Å². The summed E-state index contributed by atoms with van der Waals surface area (Å²) in [7, 11) is 0. The van der Waals surface area contributed by atoms with E-state index >= 15 is 0 Å². The predicted octanol–water partition coefficient (Wildman–Crippen LogP) is 7.33. The summed E-state index contributed by atoms with van der Waals surface area (Å²) in [4.78, 5) is 4.60. The highest BCUT2D eigenvalue weighted by molar-refractivity contribution is 9.10. The van der Waals surface area contributed by atoms with Crippen molar-refractivity contribution >= 4 is 38.6 Å². The van der Waals surface area contributed by atoms with Gasteiger partial charge in [-0.25, -0.2) is 0 Å². The van der Waals surface area contributed by atoms with Gasteiger partial charge in [-0.15, -0.1) is 0 Å². The van der Waals surface area contributed by atoms with Crippen molar-refractivity contribution in [1.29, 1.82) is 0 Å². The van der Waals surface area contributed by atoms with Crippen LogP contribution >= 0.6 is 15.9 Å². The topological polar surface area (TPSA) is 30.8 Å². The Morgan fingerprint density at radius 3 is 2.50 bits per heavy atom. The van der Waals surface area contributed by atoms with Crippen molar-refractivity contribution in [2.24, 2.45) is 4.99 Å². The third-order valence-corrected chi connectivity index (χ3v) is 5.23. The van der Waals surface area contributed by atoms with Gasteiger partial charge in [0.15, 0.2) is 0 Å². The molecule has 4 rings (SSSR count). The Kier molecular flexibility index (Phi) is 6.45. The quantitative estimate of drug-likeness (QED) is 0.270. The predicted molar refractivity (Wildman–Crippen MR) is 127 cm³/mol. The smallest absolute Gasteiger partial charge is 0.128 e. The molecule has 0 amide bonds. The fourth-order valence-electron chi connectivity index (χ4n) is 3.26. The number of hydrogen-bond acceptors (Lipinski definition) is 3. The maximum Gasteiger partial charge on any atom is 0.128 e. The molecule has 0 atom stereocenters. The molecule has 0 fully saturated rings. The molecule has 3 nitrogen and oxygen atoms in total. The molecule has 0 radical (unpaired) electrons. The van der Waals surface area contributed by atoms with Crippen LogP contribution in [0.4, 0.5) is 5.69 Å². The first-order chi connectivity index (χ1) is 14.7. The summed E-state index contributed by atoms with van der Waals surface area (Å²) in [5, 5.41) is 2.42. The first-order valence-corrected chi connectivity index (χ1v) is 10.7. The monoisotopic (exact) mass is 459 g/mol. The third kappa shape index (κ3) is 4.89. The van der Waals surface area contributed by atoms with Crippen LogP contribution in [0.5, 0.6) is 11.5 Å². The van der Waals surface area contributed by atoms with E-state index in [0.29, 0.717) is 13.2 Å². The van der Waals surface area contributed by atoms with Gasteiger partial charge in [-0.05, 0) is 65.7 Å². The summed E-state index contributed by atoms with van der Waals surface area (Å²) in [6, 6.07) is 28.3. The normalized spacial score (nSPS) is 11.1. The zero-order chi connectivity index (χ0) is 20.8. The summed E-state index contributed by atoms with van der Waals surface area (Å²) < 4.78 is 12.7. The van der Waals surface area contributed by atoms with E-state index in [1.54, 1.807) is 0 Å². The van der Waals surface area contributed by atoms with E-state index < -0.39 is 0 Å². The van der Waals surface area contributed by atoms with E-state index in [4.69, 9.17) is 9.47 Å². The maximum atomic E-state index is 6.19. The van der Waals surface area contributed by atoms with Crippen molar-refractivity contribution in [2.75, 3.05) is 6.61 Å². The number of rotatable bonds is 7. The Hall–Kier alpha value is -3.11. The molecular weight excluding hydrogens is 438 g/mol. The Balaban J connectivity index is 1.54. The number of halogens is 1. The van der Waals surface area contributed by atoms with Gasteiger partial charge in [0.25, 0.3) is 0 Å². The van der Waals surface area contributed by atoms with Gasteiger partial charge in [0.05, 0.1) is 12.3 Å². The van der Waals surface area contributed by atoms with Gasteiger partial charge < -0.3 is 9.47 Å². The van der Waals surface area contributed by atoms with Gasteiger partial charge in [-0.1, -0.05) is 58.4 Å². The summed E-state index contributed by atoms with van der Waals surface area (Å²) in [5.74, 6) is 1.64. The molecule has 150 valence electrons. The van der Waals surface area contributed by atoms with Crippen LogP contribution < -0.4 is 9.47 Å². The molecule has 0 heterocycles. The summed E-state index contributed by atoms with van der Waals surface area (Å²) in [6.45, 7) is 3.12. The van der Waals surface area contributed by atoms with Gasteiger partial charge >= 0.3 is 0 Å². The lowest BCUT2D eigenvalue weighted by molar-refractivity contribution is 0.307. The largest absolute Gasteiger partial charge is 0.494 e. The average molecular weight is 460 g/mol. The number of nitrogens with zero attached hydrogens (tertiary/aromatic N) is 1. The van der Waals surface area contributed by atoms with Crippen molar-refractivity contribution < 1.29 is 9.47 Å². The Bertz CT molecular complexity index is 1160. The van der Waals surface area contributed by atoms with Crippen molar-refractivity contribution in [1.82, 2.24) is 0 Å². The van der Waals surface area contributed by atoms with Crippen molar-refractivity contribution in [3.63, 3.8) is 0 Å². The van der Waals surface area contributed by atoms with Crippen LogP contribution in [-0.2, 0) is 6.61 Å². The number of fused-ring (bicyclic) bond motifs is 1. The molecular formula is C26H22BrNO2. The number of aliphatic imine (C=N–C) groups is 1. The van der Waals surface area contributed by atoms with E-state index in [2.05, 4.69) is 63.4 Å². The SMILES string of the molecule is CCOc1ccc(N=Cc2cc(Br)ccc2OCc2cccc3ccccc23)cc1. The summed E-state index contributed by atoms with van der Waals surface area (Å²) >= 11 is 3.54. The zero-order valence-corrected chi connectivity index (χ0v) is 18.3. The first-order valence-electron chi connectivity index (χ1n) is 9.89. The van der Waals surface area contributed by atoms with Gasteiger partial charge in [-0.2, -0.15) is 0 Å². The highest BCUT2D eigenvalue weighted by atomic mass is 79.9. The van der Waals surface area contributed by atoms with E-state index in [1.165, 1.54) is 10.8 Å². The van der Waals surface area contributed by atoms with Crippen LogP contribution in [-0.4, -0.2) is 12.8 Å².